The predicted molar refractivity (Wildman–Crippen MR) is 153 cm³/mol. The summed E-state index contributed by atoms with van der Waals surface area (Å²) in [5.41, 5.74) is 7.08. The third-order valence-electron chi connectivity index (χ3n) is 6.46. The van der Waals surface area contributed by atoms with E-state index < -0.39 is 11.9 Å². The summed E-state index contributed by atoms with van der Waals surface area (Å²) < 4.78 is 17.0. The van der Waals surface area contributed by atoms with Gasteiger partial charge in [0.05, 0.1) is 11.6 Å². The normalized spacial score (nSPS) is 11.3. The highest BCUT2D eigenvalue weighted by atomic mass is 35.5. The molecule has 0 atom stereocenters. The molecule has 0 saturated carbocycles. The Hall–Kier alpha value is -4.10. The molecule has 0 unspecified atom stereocenters. The molecule has 1 aliphatic carbocycles. The number of carbonyl (C=O) groups excluding carboxylic acids is 2. The van der Waals surface area contributed by atoms with Gasteiger partial charge in [-0.1, -0.05) is 24.8 Å². The summed E-state index contributed by atoms with van der Waals surface area (Å²) in [6.45, 7) is 14.8. The Morgan fingerprint density at radius 1 is 0.975 bits per heavy atom. The number of fused-ring (bicyclic) bond motifs is 2. The minimum absolute atomic E-state index is 0. The Kier molecular flexibility index (Phi) is 10.1. The van der Waals surface area contributed by atoms with E-state index in [0.717, 1.165) is 57.3 Å². The average Bonchev–Trinajstić information content (AvgIpc) is 2.91. The number of hydrogen-bond donors (Lipinski definition) is 2. The van der Waals surface area contributed by atoms with Gasteiger partial charge in [0, 0.05) is 45.9 Å². The van der Waals surface area contributed by atoms with Gasteiger partial charge in [-0.05, 0) is 63.9 Å². The zero-order chi connectivity index (χ0) is 28.1. The highest BCUT2D eigenvalue weighted by molar-refractivity contribution is 6.08. The van der Waals surface area contributed by atoms with Crippen LogP contribution in [0.2, 0.25) is 0 Å². The zero-order valence-corrected chi connectivity index (χ0v) is 24.3. The maximum absolute atomic E-state index is 13.3. The van der Waals surface area contributed by atoms with Crippen LogP contribution in [-0.4, -0.2) is 38.2 Å². The Morgan fingerprint density at radius 2 is 1.70 bits per heavy atom. The van der Waals surface area contributed by atoms with Crippen LogP contribution in [0.25, 0.3) is 33.4 Å². The number of benzene rings is 3. The topological polar surface area (TPSA) is 91.7 Å². The molecule has 2 aromatic rings. The van der Waals surface area contributed by atoms with Crippen molar-refractivity contribution in [2.75, 3.05) is 31.6 Å². The van der Waals surface area contributed by atoms with Gasteiger partial charge < -0.3 is 31.6 Å². The van der Waals surface area contributed by atoms with Gasteiger partial charge in [-0.3, -0.25) is 0 Å². The van der Waals surface area contributed by atoms with Crippen molar-refractivity contribution in [3.05, 3.63) is 82.7 Å². The average molecular weight is 563 g/mol. The van der Waals surface area contributed by atoms with Crippen molar-refractivity contribution in [3.63, 3.8) is 0 Å². The molecule has 210 valence electrons. The molecule has 0 spiro atoms. The Morgan fingerprint density at radius 3 is 2.40 bits per heavy atom. The largest absolute Gasteiger partial charge is 1.00 e. The summed E-state index contributed by atoms with van der Waals surface area (Å²) in [5.74, 6) is -0.307. The Labute approximate surface area is 240 Å². The minimum atomic E-state index is -0.517. The molecular weight excluding hydrogens is 528 g/mol. The van der Waals surface area contributed by atoms with E-state index in [9.17, 15) is 9.59 Å². The highest BCUT2D eigenvalue weighted by Gasteiger charge is 2.24. The summed E-state index contributed by atoms with van der Waals surface area (Å²) in [7, 11) is 0. The second-order valence-electron chi connectivity index (χ2n) is 9.46. The number of carbonyl (C=O) groups is 2. The lowest BCUT2D eigenvalue weighted by atomic mass is 9.89. The smallest absolute Gasteiger partial charge is 0.338 e. The summed E-state index contributed by atoms with van der Waals surface area (Å²) >= 11 is 0. The first kappa shape index (κ1) is 30.4. The lowest BCUT2D eigenvalue weighted by Crippen LogP contribution is -3.00. The third-order valence-corrected chi connectivity index (χ3v) is 6.46. The molecule has 0 aromatic heterocycles. The second-order valence-corrected chi connectivity index (χ2v) is 9.46. The first-order chi connectivity index (χ1) is 18.7. The van der Waals surface area contributed by atoms with E-state index >= 15 is 0 Å². The van der Waals surface area contributed by atoms with Crippen molar-refractivity contribution in [1.82, 2.24) is 0 Å². The fourth-order valence-electron chi connectivity index (χ4n) is 4.60. The van der Waals surface area contributed by atoms with Crippen molar-refractivity contribution < 1.29 is 40.9 Å². The van der Waals surface area contributed by atoms with E-state index in [0.29, 0.717) is 22.5 Å². The highest BCUT2D eigenvalue weighted by Crippen LogP contribution is 2.42. The Balaban J connectivity index is 0.00000441. The van der Waals surface area contributed by atoms with E-state index in [1.54, 1.807) is 13.0 Å². The minimum Gasteiger partial charge on any atom is -1.00 e. The van der Waals surface area contributed by atoms with Crippen molar-refractivity contribution >= 4 is 28.6 Å². The number of rotatable bonds is 9. The molecule has 1 heterocycles. The van der Waals surface area contributed by atoms with Gasteiger partial charge in [0.25, 0.3) is 0 Å². The van der Waals surface area contributed by atoms with E-state index in [-0.39, 0.29) is 25.6 Å². The van der Waals surface area contributed by atoms with Gasteiger partial charge in [-0.15, -0.1) is 0 Å². The van der Waals surface area contributed by atoms with Crippen LogP contribution in [0.4, 0.5) is 5.69 Å². The maximum atomic E-state index is 13.3. The number of aryl methyl sites for hydroxylation is 2. The molecule has 7 nitrogen and oxygen atoms in total. The molecule has 8 heteroatoms. The zero-order valence-electron chi connectivity index (χ0n) is 23.6. The van der Waals surface area contributed by atoms with Gasteiger partial charge in [-0.2, -0.15) is 0 Å². The standard InChI is InChI=1S/C32H34N2O5.ClH/c1-7-33-26-17-28-24(15-20(26)5)30(25-16-21(6)27(34-8-2)18-29(25)39-28)22-11-9-10-12-23(22)32(36)38-14-13-37-31(35)19(3)4;/h9-12,15-18,33H,3,7-8,13-14H2,1-2,4-6H3;1H. The van der Waals surface area contributed by atoms with Crippen LogP contribution in [-0.2, 0) is 14.3 Å². The van der Waals surface area contributed by atoms with Gasteiger partial charge in [0.2, 0.25) is 5.36 Å². The summed E-state index contributed by atoms with van der Waals surface area (Å²) in [5, 5.41) is 5.29. The van der Waals surface area contributed by atoms with Crippen LogP contribution in [0.15, 0.2) is 65.1 Å². The lowest BCUT2D eigenvalue weighted by Gasteiger charge is -2.19. The SMILES string of the molecule is C=C(C)C(=O)OCCOC(=O)c1ccccc1-c1c2cc(C)c(=[NH+]CC)cc-2oc2cc(NCC)c(C)cc12.[Cl-]. The van der Waals surface area contributed by atoms with Crippen molar-refractivity contribution in [2.45, 2.75) is 34.6 Å². The lowest BCUT2D eigenvalue weighted by molar-refractivity contribution is -0.496. The quantitative estimate of drug-likeness (QED) is 0.139. The predicted octanol–water partition coefficient (Wildman–Crippen LogP) is 1.53. The van der Waals surface area contributed by atoms with Gasteiger partial charge in [0.1, 0.15) is 31.1 Å². The number of halogens is 1. The van der Waals surface area contributed by atoms with Crippen LogP contribution >= 0.6 is 0 Å². The van der Waals surface area contributed by atoms with Gasteiger partial charge in [0.15, 0.2) is 0 Å². The van der Waals surface area contributed by atoms with Crippen molar-refractivity contribution in [1.29, 1.82) is 0 Å². The van der Waals surface area contributed by atoms with Crippen LogP contribution in [0.3, 0.4) is 0 Å². The fraction of sp³-hybridized carbons (Fsp3) is 0.281. The fourth-order valence-corrected chi connectivity index (χ4v) is 4.60. The maximum Gasteiger partial charge on any atom is 0.338 e. The van der Waals surface area contributed by atoms with E-state index in [2.05, 4.69) is 56.7 Å². The number of esters is 2. The molecule has 2 aliphatic rings. The van der Waals surface area contributed by atoms with Crippen molar-refractivity contribution in [2.24, 2.45) is 0 Å². The molecule has 0 fully saturated rings. The molecule has 0 saturated heterocycles. The number of anilines is 1. The molecule has 4 rings (SSSR count). The van der Waals surface area contributed by atoms with E-state index in [1.165, 1.54) is 0 Å². The first-order valence-corrected chi connectivity index (χ1v) is 13.2. The Bertz CT molecular complexity index is 1610. The first-order valence-electron chi connectivity index (χ1n) is 13.2. The van der Waals surface area contributed by atoms with Gasteiger partial charge in [-0.25, -0.2) is 14.6 Å². The number of ether oxygens (including phenoxy) is 2. The second kappa shape index (κ2) is 13.3. The molecule has 0 bridgehead atoms. The van der Waals surface area contributed by atoms with Crippen LogP contribution in [0.5, 0.6) is 0 Å². The summed E-state index contributed by atoms with van der Waals surface area (Å²) in [6, 6.07) is 15.6. The molecule has 0 amide bonds. The van der Waals surface area contributed by atoms with Crippen molar-refractivity contribution in [3.8, 4) is 22.5 Å². The third kappa shape index (κ3) is 6.37. The molecule has 0 radical (unpaired) electrons. The van der Waals surface area contributed by atoms with Crippen LogP contribution in [0.1, 0.15) is 42.3 Å². The summed E-state index contributed by atoms with van der Waals surface area (Å²) in [6.07, 6.45) is 0. The molecule has 1 aliphatic heterocycles. The number of nitrogens with one attached hydrogen (secondary N) is 2. The number of hydrogen-bond acceptors (Lipinski definition) is 6. The van der Waals surface area contributed by atoms with Crippen LogP contribution < -0.4 is 28.1 Å². The summed E-state index contributed by atoms with van der Waals surface area (Å²) in [4.78, 5) is 28.3. The molecule has 2 aromatic carbocycles. The van der Waals surface area contributed by atoms with E-state index in [4.69, 9.17) is 13.9 Å². The monoisotopic (exact) mass is 562 g/mol. The van der Waals surface area contributed by atoms with Crippen LogP contribution in [0, 0.1) is 13.8 Å². The van der Waals surface area contributed by atoms with Gasteiger partial charge >= 0.3 is 11.9 Å². The molecular formula is C32H35ClN2O5. The molecule has 2 N–H and O–H groups in total. The molecule has 40 heavy (non-hydrogen) atoms. The van der Waals surface area contributed by atoms with E-state index in [1.807, 2.05) is 30.3 Å².